The third-order valence-corrected chi connectivity index (χ3v) is 6.05. The van der Waals surface area contributed by atoms with Crippen molar-refractivity contribution in [2.45, 2.75) is 18.6 Å². The Morgan fingerprint density at radius 3 is 2.50 bits per heavy atom. The van der Waals surface area contributed by atoms with E-state index >= 15 is 0 Å². The summed E-state index contributed by atoms with van der Waals surface area (Å²) >= 11 is 1.36. The average Bonchev–Trinajstić information content (AvgIpc) is 3.29. The maximum Gasteiger partial charge on any atom is 0.230 e. The molecule has 2 heterocycles. The lowest BCUT2D eigenvalue weighted by Gasteiger charge is -2.07. The van der Waals surface area contributed by atoms with Gasteiger partial charge in [0.15, 0.2) is 16.6 Å². The fourth-order valence-electron chi connectivity index (χ4n) is 3.42. The van der Waals surface area contributed by atoms with E-state index in [4.69, 9.17) is 15.1 Å². The van der Waals surface area contributed by atoms with Crippen molar-refractivity contribution in [1.29, 1.82) is 0 Å². The molecule has 7 heteroatoms. The number of nitrogens with one attached hydrogen (secondary N) is 1. The van der Waals surface area contributed by atoms with Crippen molar-refractivity contribution >= 4 is 34.2 Å². The van der Waals surface area contributed by atoms with Gasteiger partial charge in [-0.15, -0.1) is 5.10 Å². The van der Waals surface area contributed by atoms with E-state index < -0.39 is 0 Å². The summed E-state index contributed by atoms with van der Waals surface area (Å²) in [7, 11) is 0. The van der Waals surface area contributed by atoms with Crippen molar-refractivity contribution in [2.24, 2.45) is 0 Å². The number of thioether (sulfide) groups is 1. The predicted octanol–water partition coefficient (Wildman–Crippen LogP) is 4.66. The zero-order valence-corrected chi connectivity index (χ0v) is 18.3. The van der Waals surface area contributed by atoms with Gasteiger partial charge in [-0.1, -0.05) is 84.1 Å². The van der Waals surface area contributed by atoms with Gasteiger partial charge in [0.2, 0.25) is 5.91 Å². The van der Waals surface area contributed by atoms with Crippen molar-refractivity contribution in [1.82, 2.24) is 24.9 Å². The lowest BCUT2D eigenvalue weighted by atomic mass is 10.1. The molecule has 158 valence electrons. The van der Waals surface area contributed by atoms with Crippen molar-refractivity contribution in [3.63, 3.8) is 0 Å². The number of nitrogens with zero attached hydrogens (tertiary/aromatic N) is 4. The molecule has 0 spiro atoms. The third-order valence-electron chi connectivity index (χ3n) is 5.12. The second-order valence-electron chi connectivity index (χ2n) is 7.50. The van der Waals surface area contributed by atoms with Gasteiger partial charge in [-0.25, -0.2) is 9.97 Å². The van der Waals surface area contributed by atoms with Gasteiger partial charge in [0, 0.05) is 17.5 Å². The van der Waals surface area contributed by atoms with Crippen LogP contribution in [0.15, 0.2) is 84.0 Å². The van der Waals surface area contributed by atoms with E-state index in [-0.39, 0.29) is 11.7 Å². The van der Waals surface area contributed by atoms with Crippen LogP contribution in [0.4, 0.5) is 0 Å². The molecule has 6 nitrogen and oxygen atoms in total. The molecule has 0 atom stereocenters. The third kappa shape index (κ3) is 4.20. The molecule has 2 aromatic heterocycles. The number of rotatable bonds is 6. The minimum Gasteiger partial charge on any atom is -0.351 e. The predicted molar refractivity (Wildman–Crippen MR) is 127 cm³/mol. The Bertz CT molecular complexity index is 1400. The summed E-state index contributed by atoms with van der Waals surface area (Å²) in [5.74, 6) is 0.823. The van der Waals surface area contributed by atoms with Crippen LogP contribution in [-0.2, 0) is 11.3 Å². The molecule has 0 aliphatic carbocycles. The molecule has 5 aromatic rings. The van der Waals surface area contributed by atoms with Crippen molar-refractivity contribution in [3.8, 4) is 11.4 Å². The number of aryl methyl sites for hydroxylation is 1. The molecule has 0 saturated heterocycles. The number of amides is 1. The van der Waals surface area contributed by atoms with Gasteiger partial charge >= 0.3 is 0 Å². The van der Waals surface area contributed by atoms with Crippen molar-refractivity contribution in [3.05, 3.63) is 90.0 Å². The summed E-state index contributed by atoms with van der Waals surface area (Å²) < 4.78 is 1.74. The van der Waals surface area contributed by atoms with Crippen LogP contribution in [0, 0.1) is 6.92 Å². The van der Waals surface area contributed by atoms with Gasteiger partial charge in [-0.3, -0.25) is 4.79 Å². The highest BCUT2D eigenvalue weighted by Gasteiger charge is 2.15. The number of fused-ring (bicyclic) bond motifs is 3. The molecule has 3 aromatic carbocycles. The highest BCUT2D eigenvalue weighted by Crippen LogP contribution is 2.26. The first kappa shape index (κ1) is 20.2. The topological polar surface area (TPSA) is 72.2 Å². The first-order valence-electron chi connectivity index (χ1n) is 10.3. The smallest absolute Gasteiger partial charge is 0.230 e. The summed E-state index contributed by atoms with van der Waals surface area (Å²) in [6.07, 6.45) is 0. The maximum absolute atomic E-state index is 12.5. The van der Waals surface area contributed by atoms with E-state index in [9.17, 15) is 4.79 Å². The van der Waals surface area contributed by atoms with E-state index in [1.165, 1.54) is 17.3 Å². The number of para-hydroxylation sites is 1. The molecule has 5 rings (SSSR count). The first-order chi connectivity index (χ1) is 15.7. The molecular formula is C25H21N5OS. The Labute approximate surface area is 189 Å². The monoisotopic (exact) mass is 439 g/mol. The molecular weight excluding hydrogens is 418 g/mol. The lowest BCUT2D eigenvalue weighted by molar-refractivity contribution is -0.118. The summed E-state index contributed by atoms with van der Waals surface area (Å²) in [5, 5.41) is 9.24. The Morgan fingerprint density at radius 2 is 1.69 bits per heavy atom. The van der Waals surface area contributed by atoms with Crippen LogP contribution >= 0.6 is 11.8 Å². The summed E-state index contributed by atoms with van der Waals surface area (Å²) in [6.45, 7) is 2.55. The van der Waals surface area contributed by atoms with Gasteiger partial charge in [-0.05, 0) is 24.6 Å². The van der Waals surface area contributed by atoms with Gasteiger partial charge in [0.05, 0.1) is 11.3 Å². The van der Waals surface area contributed by atoms with Gasteiger partial charge in [0.25, 0.3) is 0 Å². The van der Waals surface area contributed by atoms with Crippen LogP contribution in [0.1, 0.15) is 11.1 Å². The normalized spacial score (nSPS) is 11.2. The summed E-state index contributed by atoms with van der Waals surface area (Å²) in [4.78, 5) is 22.0. The quantitative estimate of drug-likeness (QED) is 0.308. The Kier molecular flexibility index (Phi) is 5.56. The maximum atomic E-state index is 12.5. The highest BCUT2D eigenvalue weighted by molar-refractivity contribution is 7.99. The number of aromatic nitrogens is 4. The molecule has 0 aliphatic rings. The van der Waals surface area contributed by atoms with Gasteiger partial charge in [0.1, 0.15) is 0 Å². The standard InChI is InChI=1S/C25H21N5OS/c1-17-11-13-18(14-12-17)15-26-22(31)16-32-25-27-21-10-6-5-9-20(21)24-28-23(29-30(24)25)19-7-3-2-4-8-19/h2-14H,15-16H2,1H3,(H,26,31). The van der Waals surface area contributed by atoms with Crippen LogP contribution < -0.4 is 5.32 Å². The second kappa shape index (κ2) is 8.80. The summed E-state index contributed by atoms with van der Waals surface area (Å²) in [5.41, 5.74) is 4.77. The Balaban J connectivity index is 1.40. The molecule has 1 amide bonds. The Morgan fingerprint density at radius 1 is 0.938 bits per heavy atom. The van der Waals surface area contributed by atoms with Crippen molar-refractivity contribution in [2.75, 3.05) is 5.75 Å². The molecule has 0 saturated carbocycles. The highest BCUT2D eigenvalue weighted by atomic mass is 32.2. The fourth-order valence-corrected chi connectivity index (χ4v) is 4.20. The minimum atomic E-state index is -0.0536. The number of benzene rings is 3. The molecule has 32 heavy (non-hydrogen) atoms. The van der Waals surface area contributed by atoms with E-state index in [1.807, 2.05) is 85.8 Å². The molecule has 0 bridgehead atoms. The zero-order valence-electron chi connectivity index (χ0n) is 17.5. The van der Waals surface area contributed by atoms with Gasteiger partial charge < -0.3 is 5.32 Å². The molecule has 0 aliphatic heterocycles. The fraction of sp³-hybridized carbons (Fsp3) is 0.120. The van der Waals surface area contributed by atoms with Crippen LogP contribution in [0.5, 0.6) is 0 Å². The first-order valence-corrected chi connectivity index (χ1v) is 11.3. The van der Waals surface area contributed by atoms with E-state index in [0.29, 0.717) is 17.5 Å². The molecule has 0 fully saturated rings. The largest absolute Gasteiger partial charge is 0.351 e. The number of carbonyl (C=O) groups is 1. The average molecular weight is 440 g/mol. The molecule has 0 radical (unpaired) electrons. The van der Waals surface area contributed by atoms with Crippen LogP contribution in [-0.4, -0.2) is 31.2 Å². The SMILES string of the molecule is Cc1ccc(CNC(=O)CSc2nc3ccccc3c3nc(-c4ccccc4)nn23)cc1. The van der Waals surface area contributed by atoms with Gasteiger partial charge in [-0.2, -0.15) is 4.52 Å². The number of hydrogen-bond donors (Lipinski definition) is 1. The van der Waals surface area contributed by atoms with Crippen molar-refractivity contribution < 1.29 is 4.79 Å². The second-order valence-corrected chi connectivity index (χ2v) is 8.44. The Hall–Kier alpha value is -3.71. The van der Waals surface area contributed by atoms with Crippen LogP contribution in [0.2, 0.25) is 0 Å². The van der Waals surface area contributed by atoms with Crippen LogP contribution in [0.25, 0.3) is 27.9 Å². The number of carbonyl (C=O) groups excluding carboxylic acids is 1. The van der Waals surface area contributed by atoms with Crippen LogP contribution in [0.3, 0.4) is 0 Å². The van der Waals surface area contributed by atoms with E-state index in [2.05, 4.69) is 5.32 Å². The minimum absolute atomic E-state index is 0.0536. The summed E-state index contributed by atoms with van der Waals surface area (Å²) in [6, 6.07) is 25.8. The molecule has 1 N–H and O–H groups in total. The zero-order chi connectivity index (χ0) is 21.9. The van der Waals surface area contributed by atoms with E-state index in [1.54, 1.807) is 4.52 Å². The lowest BCUT2D eigenvalue weighted by Crippen LogP contribution is -2.24. The van der Waals surface area contributed by atoms with E-state index in [0.717, 1.165) is 27.7 Å². The number of hydrogen-bond acceptors (Lipinski definition) is 5. The molecule has 0 unspecified atom stereocenters.